The van der Waals surface area contributed by atoms with Crippen LogP contribution in [0.4, 0.5) is 5.69 Å². The number of hydrogen-bond donors (Lipinski definition) is 3. The smallest absolute Gasteiger partial charge is 0.237 e. The molecule has 1 aliphatic heterocycles. The van der Waals surface area contributed by atoms with Crippen LogP contribution in [0.5, 0.6) is 0 Å². The van der Waals surface area contributed by atoms with Gasteiger partial charge < -0.3 is 15.0 Å². The molecule has 1 amide bonds. The van der Waals surface area contributed by atoms with Crippen LogP contribution in [0.2, 0.25) is 0 Å². The van der Waals surface area contributed by atoms with E-state index >= 15 is 0 Å². The molecule has 0 bridgehead atoms. The van der Waals surface area contributed by atoms with Crippen molar-refractivity contribution in [2.75, 3.05) is 18.1 Å². The third-order valence-corrected chi connectivity index (χ3v) is 7.00. The molecule has 0 unspecified atom stereocenters. The molecule has 158 valence electrons. The van der Waals surface area contributed by atoms with Crippen LogP contribution in [-0.2, 0) is 23.1 Å². The Morgan fingerprint density at radius 2 is 1.97 bits per heavy atom. The first-order chi connectivity index (χ1) is 14.6. The molecular formula is C24H30N4O2. The summed E-state index contributed by atoms with van der Waals surface area (Å²) < 4.78 is 0. The maximum Gasteiger partial charge on any atom is 0.237 e. The average molecular weight is 407 g/mol. The van der Waals surface area contributed by atoms with Crippen molar-refractivity contribution >= 4 is 22.5 Å². The Morgan fingerprint density at radius 1 is 1.17 bits per heavy atom. The molecule has 5 rings (SSSR count). The zero-order valence-corrected chi connectivity index (χ0v) is 17.8. The fraction of sp³-hybridized carbons (Fsp3) is 0.500. The lowest BCUT2D eigenvalue weighted by Gasteiger charge is -2.28. The molecule has 3 heterocycles. The van der Waals surface area contributed by atoms with Crippen LogP contribution in [0.15, 0.2) is 18.3 Å². The largest absolute Gasteiger partial charge is 0.395 e. The summed E-state index contributed by atoms with van der Waals surface area (Å²) in [5.74, 6) is 0.157. The summed E-state index contributed by atoms with van der Waals surface area (Å²) in [6, 6.07) is 4.41. The van der Waals surface area contributed by atoms with Gasteiger partial charge in [0.15, 0.2) is 0 Å². The molecule has 6 heteroatoms. The van der Waals surface area contributed by atoms with E-state index in [1.807, 2.05) is 11.1 Å². The van der Waals surface area contributed by atoms with Crippen LogP contribution in [0.1, 0.15) is 62.6 Å². The Bertz CT molecular complexity index is 1100. The van der Waals surface area contributed by atoms with Gasteiger partial charge in [0, 0.05) is 23.1 Å². The van der Waals surface area contributed by atoms with E-state index in [0.717, 1.165) is 73.1 Å². The Hall–Kier alpha value is -2.60. The summed E-state index contributed by atoms with van der Waals surface area (Å²) in [5, 5.41) is 18.3. The first-order valence-corrected chi connectivity index (χ1v) is 11.3. The highest BCUT2D eigenvalue weighted by Crippen LogP contribution is 2.50. The maximum absolute atomic E-state index is 13.6. The molecule has 3 aromatic rings. The van der Waals surface area contributed by atoms with Crippen molar-refractivity contribution in [3.63, 3.8) is 0 Å². The minimum atomic E-state index is -0.482. The SMILES string of the molecule is CCCC1(CCC)C(=O)N(CCO)c2cc3c4c([nH]c3cc21)-c1[nH]ncc1CCC4. The first kappa shape index (κ1) is 19.4. The normalized spacial score (nSPS) is 17.2. The van der Waals surface area contributed by atoms with E-state index in [0.29, 0.717) is 6.54 Å². The number of H-pyrrole nitrogens is 2. The molecule has 6 nitrogen and oxygen atoms in total. The quantitative estimate of drug-likeness (QED) is 0.573. The van der Waals surface area contributed by atoms with Crippen LogP contribution in [0.25, 0.3) is 22.3 Å². The second kappa shape index (κ2) is 7.27. The zero-order chi connectivity index (χ0) is 20.9. The summed E-state index contributed by atoms with van der Waals surface area (Å²) >= 11 is 0. The van der Waals surface area contributed by atoms with E-state index in [4.69, 9.17) is 0 Å². The van der Waals surface area contributed by atoms with E-state index in [1.54, 1.807) is 0 Å². The number of hydrogen-bond acceptors (Lipinski definition) is 3. The van der Waals surface area contributed by atoms with Crippen molar-refractivity contribution in [1.29, 1.82) is 0 Å². The molecule has 2 aromatic heterocycles. The minimum Gasteiger partial charge on any atom is -0.395 e. The van der Waals surface area contributed by atoms with E-state index < -0.39 is 5.41 Å². The lowest BCUT2D eigenvalue weighted by molar-refractivity contribution is -0.123. The number of rotatable bonds is 6. The van der Waals surface area contributed by atoms with Gasteiger partial charge in [-0.2, -0.15) is 5.10 Å². The first-order valence-electron chi connectivity index (χ1n) is 11.3. The predicted molar refractivity (Wildman–Crippen MR) is 119 cm³/mol. The fourth-order valence-corrected chi connectivity index (χ4v) is 5.81. The number of anilines is 1. The number of fused-ring (bicyclic) bond motifs is 6. The Kier molecular flexibility index (Phi) is 4.69. The zero-order valence-electron chi connectivity index (χ0n) is 17.8. The number of nitrogens with one attached hydrogen (secondary N) is 2. The molecule has 0 saturated carbocycles. The third kappa shape index (κ3) is 2.59. The average Bonchev–Trinajstić information content (AvgIpc) is 3.36. The van der Waals surface area contributed by atoms with Crippen molar-refractivity contribution in [1.82, 2.24) is 15.2 Å². The lowest BCUT2D eigenvalue weighted by Crippen LogP contribution is -2.41. The van der Waals surface area contributed by atoms with E-state index in [2.05, 4.69) is 41.2 Å². The Morgan fingerprint density at radius 3 is 2.70 bits per heavy atom. The molecule has 1 aliphatic carbocycles. The summed E-state index contributed by atoms with van der Waals surface area (Å²) in [4.78, 5) is 19.1. The number of amides is 1. The summed E-state index contributed by atoms with van der Waals surface area (Å²) in [6.45, 7) is 4.62. The van der Waals surface area contributed by atoms with E-state index in [-0.39, 0.29) is 12.5 Å². The number of aryl methyl sites for hydroxylation is 2. The third-order valence-electron chi connectivity index (χ3n) is 7.00. The molecule has 30 heavy (non-hydrogen) atoms. The monoisotopic (exact) mass is 406 g/mol. The van der Waals surface area contributed by atoms with E-state index in [9.17, 15) is 9.90 Å². The number of carbonyl (C=O) groups is 1. The van der Waals surface area contributed by atoms with Crippen molar-refractivity contribution in [3.8, 4) is 11.4 Å². The number of aliphatic hydroxyl groups excluding tert-OH is 1. The second-order valence-corrected chi connectivity index (χ2v) is 8.78. The minimum absolute atomic E-state index is 0.0275. The van der Waals surface area contributed by atoms with Crippen LogP contribution < -0.4 is 4.90 Å². The highest BCUT2D eigenvalue weighted by molar-refractivity contribution is 6.11. The van der Waals surface area contributed by atoms with Gasteiger partial charge in [-0.05, 0) is 60.9 Å². The second-order valence-electron chi connectivity index (χ2n) is 8.78. The number of aromatic nitrogens is 3. The molecule has 0 saturated heterocycles. The topological polar surface area (TPSA) is 85.0 Å². The van der Waals surface area contributed by atoms with Crippen molar-refractivity contribution in [3.05, 3.63) is 35.0 Å². The van der Waals surface area contributed by atoms with Crippen molar-refractivity contribution in [2.45, 2.75) is 64.2 Å². The summed E-state index contributed by atoms with van der Waals surface area (Å²) in [7, 11) is 0. The molecule has 0 atom stereocenters. The van der Waals surface area contributed by atoms with Crippen LogP contribution in [-0.4, -0.2) is 39.3 Å². The standard InChI is InChI=1S/C24H30N4O2/c1-3-8-24(9-4-2)18-13-19-17(12-20(18)28(10-11-29)23(24)30)16-7-5-6-15-14-25-27-21(15)22(16)26-19/h12-14,26,29H,3-11H2,1-2H3,(H,25,27). The highest BCUT2D eigenvalue weighted by Gasteiger charge is 2.49. The molecule has 0 fully saturated rings. The van der Waals surface area contributed by atoms with E-state index in [1.165, 1.54) is 16.5 Å². The molecular weight excluding hydrogens is 376 g/mol. The van der Waals surface area contributed by atoms with Gasteiger partial charge in [-0.3, -0.25) is 9.89 Å². The predicted octanol–water partition coefficient (Wildman–Crippen LogP) is 4.22. The van der Waals surface area contributed by atoms with Crippen molar-refractivity contribution in [2.24, 2.45) is 0 Å². The molecule has 0 spiro atoms. The Balaban J connectivity index is 1.76. The lowest BCUT2D eigenvalue weighted by atomic mass is 9.74. The highest BCUT2D eigenvalue weighted by atomic mass is 16.3. The molecule has 0 radical (unpaired) electrons. The number of carbonyl (C=O) groups excluding carboxylic acids is 1. The maximum atomic E-state index is 13.6. The number of benzene rings is 1. The van der Waals surface area contributed by atoms with Crippen LogP contribution in [0.3, 0.4) is 0 Å². The number of aliphatic hydroxyl groups is 1. The van der Waals surface area contributed by atoms with Gasteiger partial charge >= 0.3 is 0 Å². The van der Waals surface area contributed by atoms with Gasteiger partial charge in [-0.15, -0.1) is 0 Å². The van der Waals surface area contributed by atoms with Crippen molar-refractivity contribution < 1.29 is 9.90 Å². The number of aromatic amines is 2. The van der Waals surface area contributed by atoms with Gasteiger partial charge in [0.05, 0.1) is 29.6 Å². The van der Waals surface area contributed by atoms with Gasteiger partial charge in [-0.25, -0.2) is 0 Å². The van der Waals surface area contributed by atoms with Crippen LogP contribution >= 0.6 is 0 Å². The summed E-state index contributed by atoms with van der Waals surface area (Å²) in [5.41, 5.74) is 7.51. The summed E-state index contributed by atoms with van der Waals surface area (Å²) in [6.07, 6.45) is 8.62. The molecule has 3 N–H and O–H groups in total. The molecule has 2 aliphatic rings. The molecule has 1 aromatic carbocycles. The van der Waals surface area contributed by atoms with Crippen LogP contribution in [0, 0.1) is 0 Å². The Labute approximate surface area is 176 Å². The number of nitrogens with zero attached hydrogens (tertiary/aromatic N) is 2. The van der Waals surface area contributed by atoms with Gasteiger partial charge in [0.25, 0.3) is 0 Å². The van der Waals surface area contributed by atoms with Gasteiger partial charge in [0.1, 0.15) is 0 Å². The number of β-amino-alcohol motifs (C(OH)–C–C–N with tert-alkyl or cyclic N) is 1. The van der Waals surface area contributed by atoms with Gasteiger partial charge in [-0.1, -0.05) is 26.7 Å². The fourth-order valence-electron chi connectivity index (χ4n) is 5.81. The van der Waals surface area contributed by atoms with Gasteiger partial charge in [0.2, 0.25) is 5.91 Å².